The fourth-order valence-corrected chi connectivity index (χ4v) is 1.60. The summed E-state index contributed by atoms with van der Waals surface area (Å²) >= 11 is 0. The Morgan fingerprint density at radius 2 is 2.15 bits per heavy atom. The van der Waals surface area contributed by atoms with Crippen LogP contribution < -0.4 is 0 Å². The Balaban J connectivity index is 2.22. The number of esters is 1. The first-order valence-corrected chi connectivity index (χ1v) is 5.05. The summed E-state index contributed by atoms with van der Waals surface area (Å²) in [6, 6.07) is 0. The summed E-state index contributed by atoms with van der Waals surface area (Å²) in [7, 11) is 0. The molecule has 0 heterocycles. The molecule has 1 N–H and O–H groups in total. The second kappa shape index (κ2) is 5.22. The molecule has 1 saturated carbocycles. The zero-order valence-electron chi connectivity index (χ0n) is 8.16. The summed E-state index contributed by atoms with van der Waals surface area (Å²) in [6.45, 7) is 1.86. The van der Waals surface area contributed by atoms with Crippen LogP contribution in [0, 0.1) is 5.92 Å². The lowest BCUT2D eigenvalue weighted by Crippen LogP contribution is -2.21. The van der Waals surface area contributed by atoms with Crippen molar-refractivity contribution in [2.24, 2.45) is 5.92 Å². The Hall–Kier alpha value is -0.570. The molecular weight excluding hydrogens is 168 g/mol. The van der Waals surface area contributed by atoms with Crippen LogP contribution in [0.25, 0.3) is 0 Å². The molecule has 3 heteroatoms. The highest BCUT2D eigenvalue weighted by Crippen LogP contribution is 2.22. The van der Waals surface area contributed by atoms with E-state index in [9.17, 15) is 4.79 Å². The number of hydrogen-bond donors (Lipinski definition) is 1. The van der Waals surface area contributed by atoms with Gasteiger partial charge in [0.2, 0.25) is 0 Å². The van der Waals surface area contributed by atoms with Crippen LogP contribution in [-0.4, -0.2) is 23.8 Å². The zero-order valence-corrected chi connectivity index (χ0v) is 8.16. The Kier molecular flexibility index (Phi) is 4.22. The van der Waals surface area contributed by atoms with Gasteiger partial charge in [0.05, 0.1) is 5.92 Å². The quantitative estimate of drug-likeness (QED) is 0.677. The van der Waals surface area contributed by atoms with E-state index in [1.807, 2.05) is 0 Å². The van der Waals surface area contributed by atoms with E-state index in [2.05, 4.69) is 0 Å². The molecule has 0 aromatic carbocycles. The molecule has 0 radical (unpaired) electrons. The van der Waals surface area contributed by atoms with Gasteiger partial charge in [0, 0.05) is 6.61 Å². The molecule has 0 spiro atoms. The predicted molar refractivity (Wildman–Crippen MR) is 49.2 cm³/mol. The van der Waals surface area contributed by atoms with Crippen LogP contribution in [0.4, 0.5) is 0 Å². The third-order valence-corrected chi connectivity index (χ3v) is 2.55. The Morgan fingerprint density at radius 1 is 1.54 bits per heavy atom. The largest absolute Gasteiger partial charge is 0.462 e. The van der Waals surface area contributed by atoms with Crippen molar-refractivity contribution in [3.8, 4) is 0 Å². The molecule has 1 aliphatic carbocycles. The molecule has 0 aromatic rings. The van der Waals surface area contributed by atoms with Gasteiger partial charge in [0.25, 0.3) is 0 Å². The summed E-state index contributed by atoms with van der Waals surface area (Å²) in [5, 5.41) is 8.64. The molecule has 0 aliphatic heterocycles. The number of aliphatic hydroxyl groups is 1. The fourth-order valence-electron chi connectivity index (χ4n) is 1.60. The monoisotopic (exact) mass is 186 g/mol. The Morgan fingerprint density at radius 3 is 2.69 bits per heavy atom. The Bertz CT molecular complexity index is 162. The van der Waals surface area contributed by atoms with Crippen molar-refractivity contribution >= 4 is 5.97 Å². The van der Waals surface area contributed by atoms with Gasteiger partial charge >= 0.3 is 5.97 Å². The molecule has 0 saturated heterocycles. The lowest BCUT2D eigenvalue weighted by molar-refractivity contribution is -0.153. The maximum Gasteiger partial charge on any atom is 0.309 e. The van der Waals surface area contributed by atoms with Crippen LogP contribution in [0.1, 0.15) is 39.0 Å². The second-order valence-corrected chi connectivity index (χ2v) is 3.76. The summed E-state index contributed by atoms with van der Waals surface area (Å²) in [5.41, 5.74) is 0. The average molecular weight is 186 g/mol. The third-order valence-electron chi connectivity index (χ3n) is 2.55. The summed E-state index contributed by atoms with van der Waals surface area (Å²) in [4.78, 5) is 11.4. The van der Waals surface area contributed by atoms with Gasteiger partial charge in [-0.2, -0.15) is 0 Å². The van der Waals surface area contributed by atoms with E-state index in [0.29, 0.717) is 6.42 Å². The van der Waals surface area contributed by atoms with Gasteiger partial charge < -0.3 is 9.84 Å². The van der Waals surface area contributed by atoms with Crippen LogP contribution in [0.2, 0.25) is 0 Å². The maximum absolute atomic E-state index is 11.4. The minimum Gasteiger partial charge on any atom is -0.462 e. The lowest BCUT2D eigenvalue weighted by atomic mass is 10.1. The first kappa shape index (κ1) is 10.5. The van der Waals surface area contributed by atoms with Crippen LogP contribution in [0.3, 0.4) is 0 Å². The average Bonchev–Trinajstić information content (AvgIpc) is 2.57. The molecule has 76 valence electrons. The van der Waals surface area contributed by atoms with Gasteiger partial charge in [-0.1, -0.05) is 6.92 Å². The summed E-state index contributed by atoms with van der Waals surface area (Å²) in [5.74, 6) is -0.313. The van der Waals surface area contributed by atoms with E-state index in [0.717, 1.165) is 12.8 Å². The van der Waals surface area contributed by atoms with Crippen molar-refractivity contribution in [3.63, 3.8) is 0 Å². The minimum absolute atomic E-state index is 0.0565. The van der Waals surface area contributed by atoms with Crippen molar-refractivity contribution < 1.29 is 14.6 Å². The van der Waals surface area contributed by atoms with E-state index in [1.165, 1.54) is 12.8 Å². The van der Waals surface area contributed by atoms with Gasteiger partial charge in [0.1, 0.15) is 6.10 Å². The highest BCUT2D eigenvalue weighted by molar-refractivity contribution is 5.72. The second-order valence-electron chi connectivity index (χ2n) is 3.76. The van der Waals surface area contributed by atoms with Crippen LogP contribution in [-0.2, 0) is 9.53 Å². The first-order chi connectivity index (χ1) is 6.24. The van der Waals surface area contributed by atoms with Gasteiger partial charge in [-0.25, -0.2) is 0 Å². The van der Waals surface area contributed by atoms with Crippen LogP contribution in [0.15, 0.2) is 0 Å². The number of ether oxygens (including phenoxy) is 1. The molecule has 0 unspecified atom stereocenters. The fraction of sp³-hybridized carbons (Fsp3) is 0.900. The van der Waals surface area contributed by atoms with Gasteiger partial charge in [-0.3, -0.25) is 4.79 Å². The van der Waals surface area contributed by atoms with Crippen molar-refractivity contribution in [1.29, 1.82) is 0 Å². The van der Waals surface area contributed by atoms with Crippen molar-refractivity contribution in [2.75, 3.05) is 6.61 Å². The molecular formula is C10H18O3. The maximum atomic E-state index is 11.4. The van der Waals surface area contributed by atoms with Crippen molar-refractivity contribution in [2.45, 2.75) is 45.1 Å². The minimum atomic E-state index is -0.161. The van der Waals surface area contributed by atoms with E-state index in [1.54, 1.807) is 6.92 Å². The van der Waals surface area contributed by atoms with E-state index in [4.69, 9.17) is 9.84 Å². The smallest absolute Gasteiger partial charge is 0.309 e. The van der Waals surface area contributed by atoms with Gasteiger partial charge in [0.15, 0.2) is 0 Å². The van der Waals surface area contributed by atoms with E-state index < -0.39 is 0 Å². The molecule has 0 aromatic heterocycles. The summed E-state index contributed by atoms with van der Waals surface area (Å²) < 4.78 is 5.28. The van der Waals surface area contributed by atoms with Gasteiger partial charge in [-0.15, -0.1) is 0 Å². The number of rotatable bonds is 4. The SMILES string of the molecule is C[C@@H](CCO)C(=O)OC1CCCC1. The molecule has 0 bridgehead atoms. The molecule has 1 fully saturated rings. The molecule has 1 aliphatic rings. The zero-order chi connectivity index (χ0) is 9.68. The van der Waals surface area contributed by atoms with Crippen molar-refractivity contribution in [1.82, 2.24) is 0 Å². The Labute approximate surface area is 79.1 Å². The lowest BCUT2D eigenvalue weighted by Gasteiger charge is -2.14. The summed E-state index contributed by atoms with van der Waals surface area (Å²) in [6.07, 6.45) is 5.02. The predicted octanol–water partition coefficient (Wildman–Crippen LogP) is 1.49. The van der Waals surface area contributed by atoms with E-state index >= 15 is 0 Å². The molecule has 1 atom stereocenters. The molecule has 1 rings (SSSR count). The third kappa shape index (κ3) is 3.35. The number of aliphatic hydroxyl groups excluding tert-OH is 1. The number of hydrogen-bond acceptors (Lipinski definition) is 3. The standard InChI is InChI=1S/C10H18O3/c1-8(6-7-11)10(12)13-9-4-2-3-5-9/h8-9,11H,2-7H2,1H3/t8-/m0/s1. The topological polar surface area (TPSA) is 46.5 Å². The number of carbonyl (C=O) groups excluding carboxylic acids is 1. The van der Waals surface area contributed by atoms with Crippen LogP contribution in [0.5, 0.6) is 0 Å². The highest BCUT2D eigenvalue weighted by Gasteiger charge is 2.22. The number of carbonyl (C=O) groups is 1. The molecule has 0 amide bonds. The van der Waals surface area contributed by atoms with Gasteiger partial charge in [-0.05, 0) is 32.1 Å². The van der Waals surface area contributed by atoms with Crippen LogP contribution >= 0.6 is 0 Å². The first-order valence-electron chi connectivity index (χ1n) is 5.05. The van der Waals surface area contributed by atoms with E-state index in [-0.39, 0.29) is 24.6 Å². The molecule has 13 heavy (non-hydrogen) atoms. The van der Waals surface area contributed by atoms with Crippen molar-refractivity contribution in [3.05, 3.63) is 0 Å². The normalized spacial score (nSPS) is 20.2. The highest BCUT2D eigenvalue weighted by atomic mass is 16.5. The molecule has 3 nitrogen and oxygen atoms in total.